The fourth-order valence-electron chi connectivity index (χ4n) is 3.79. The van der Waals surface area contributed by atoms with E-state index in [0.29, 0.717) is 17.3 Å². The first-order valence-electron chi connectivity index (χ1n) is 10.3. The predicted octanol–water partition coefficient (Wildman–Crippen LogP) is 3.99. The van der Waals surface area contributed by atoms with Gasteiger partial charge in [-0.15, -0.1) is 0 Å². The van der Waals surface area contributed by atoms with E-state index in [9.17, 15) is 9.59 Å². The SMILES string of the molecule is CC1CCN(C(=O)Cn2c(CNC(=O)c3ccc(Br)cc3)nc3ccccc32)CC1. The van der Waals surface area contributed by atoms with E-state index in [1.54, 1.807) is 12.1 Å². The number of halogens is 1. The summed E-state index contributed by atoms with van der Waals surface area (Å²) in [7, 11) is 0. The van der Waals surface area contributed by atoms with Crippen LogP contribution in [-0.2, 0) is 17.9 Å². The third-order valence-corrected chi connectivity index (χ3v) is 6.21. The molecule has 0 spiro atoms. The van der Waals surface area contributed by atoms with Gasteiger partial charge in [0.2, 0.25) is 5.91 Å². The summed E-state index contributed by atoms with van der Waals surface area (Å²) in [5.41, 5.74) is 2.31. The minimum absolute atomic E-state index is 0.102. The van der Waals surface area contributed by atoms with Gasteiger partial charge in [-0.05, 0) is 55.2 Å². The molecule has 30 heavy (non-hydrogen) atoms. The van der Waals surface area contributed by atoms with Crippen LogP contribution >= 0.6 is 15.9 Å². The number of hydrogen-bond donors (Lipinski definition) is 1. The van der Waals surface area contributed by atoms with E-state index in [0.717, 1.165) is 41.4 Å². The van der Waals surface area contributed by atoms with Crippen molar-refractivity contribution in [3.63, 3.8) is 0 Å². The van der Waals surface area contributed by atoms with Crippen molar-refractivity contribution >= 4 is 38.8 Å². The lowest BCUT2D eigenvalue weighted by Gasteiger charge is -2.30. The Morgan fingerprint density at radius 1 is 1.10 bits per heavy atom. The van der Waals surface area contributed by atoms with E-state index in [1.165, 1.54) is 0 Å². The quantitative estimate of drug-likeness (QED) is 0.615. The van der Waals surface area contributed by atoms with Gasteiger partial charge in [-0.3, -0.25) is 9.59 Å². The normalized spacial score (nSPS) is 14.8. The molecule has 0 saturated carbocycles. The van der Waals surface area contributed by atoms with Gasteiger partial charge in [0.15, 0.2) is 0 Å². The molecule has 2 heterocycles. The lowest BCUT2D eigenvalue weighted by molar-refractivity contribution is -0.133. The first-order chi connectivity index (χ1) is 14.5. The summed E-state index contributed by atoms with van der Waals surface area (Å²) in [6.45, 7) is 4.34. The number of fused-ring (bicyclic) bond motifs is 1. The van der Waals surface area contributed by atoms with Crippen LogP contribution < -0.4 is 5.32 Å². The summed E-state index contributed by atoms with van der Waals surface area (Å²) in [5.74, 6) is 1.29. The summed E-state index contributed by atoms with van der Waals surface area (Å²) in [6, 6.07) is 15.0. The Bertz CT molecular complexity index is 1050. The lowest BCUT2D eigenvalue weighted by atomic mass is 9.99. The van der Waals surface area contributed by atoms with Crippen LogP contribution in [0.4, 0.5) is 0 Å². The van der Waals surface area contributed by atoms with Crippen molar-refractivity contribution in [2.45, 2.75) is 32.9 Å². The number of benzene rings is 2. The third-order valence-electron chi connectivity index (χ3n) is 5.68. The molecule has 2 aromatic carbocycles. The van der Waals surface area contributed by atoms with Crippen LogP contribution in [0.3, 0.4) is 0 Å². The fraction of sp³-hybridized carbons (Fsp3) is 0.348. The Labute approximate surface area is 184 Å². The average Bonchev–Trinajstić information content (AvgIpc) is 3.10. The smallest absolute Gasteiger partial charge is 0.251 e. The van der Waals surface area contributed by atoms with Crippen molar-refractivity contribution in [2.24, 2.45) is 5.92 Å². The number of rotatable bonds is 5. The molecule has 2 amide bonds. The van der Waals surface area contributed by atoms with Crippen LogP contribution in [0.1, 0.15) is 35.9 Å². The molecule has 6 nitrogen and oxygen atoms in total. The van der Waals surface area contributed by atoms with Gasteiger partial charge in [-0.2, -0.15) is 0 Å². The first kappa shape index (κ1) is 20.6. The van der Waals surface area contributed by atoms with Gasteiger partial charge >= 0.3 is 0 Å². The molecule has 0 unspecified atom stereocenters. The zero-order chi connectivity index (χ0) is 21.1. The molecule has 7 heteroatoms. The molecular formula is C23H25BrN4O2. The van der Waals surface area contributed by atoms with E-state index in [4.69, 9.17) is 0 Å². The number of para-hydroxylation sites is 2. The molecule has 156 valence electrons. The Hall–Kier alpha value is -2.67. The second-order valence-corrected chi connectivity index (χ2v) is 8.77. The highest BCUT2D eigenvalue weighted by Gasteiger charge is 2.22. The van der Waals surface area contributed by atoms with Gasteiger partial charge in [-0.1, -0.05) is 35.0 Å². The highest BCUT2D eigenvalue weighted by molar-refractivity contribution is 9.10. The zero-order valence-corrected chi connectivity index (χ0v) is 18.6. The molecule has 1 fully saturated rings. The first-order valence-corrected chi connectivity index (χ1v) is 11.1. The molecule has 1 aliphatic rings. The number of carbonyl (C=O) groups excluding carboxylic acids is 2. The standard InChI is InChI=1S/C23H25BrN4O2/c1-16-10-12-27(13-11-16)22(29)15-28-20-5-3-2-4-19(20)26-21(28)14-25-23(30)17-6-8-18(24)9-7-17/h2-9,16H,10-15H2,1H3,(H,25,30). The molecule has 0 aliphatic carbocycles. The molecule has 0 bridgehead atoms. The molecule has 0 atom stereocenters. The van der Waals surface area contributed by atoms with Crippen LogP contribution in [0.5, 0.6) is 0 Å². The van der Waals surface area contributed by atoms with Crippen LogP contribution in [0, 0.1) is 5.92 Å². The molecule has 1 saturated heterocycles. The highest BCUT2D eigenvalue weighted by atomic mass is 79.9. The van der Waals surface area contributed by atoms with Crippen molar-refractivity contribution in [2.75, 3.05) is 13.1 Å². The number of carbonyl (C=O) groups is 2. The number of amides is 2. The molecule has 1 N–H and O–H groups in total. The van der Waals surface area contributed by atoms with E-state index < -0.39 is 0 Å². The maximum Gasteiger partial charge on any atom is 0.251 e. The van der Waals surface area contributed by atoms with E-state index in [2.05, 4.69) is 33.2 Å². The Kier molecular flexibility index (Phi) is 6.18. The number of aromatic nitrogens is 2. The maximum absolute atomic E-state index is 12.9. The Balaban J connectivity index is 1.52. The van der Waals surface area contributed by atoms with E-state index in [-0.39, 0.29) is 24.9 Å². The predicted molar refractivity (Wildman–Crippen MR) is 120 cm³/mol. The number of likely N-dealkylation sites (tertiary alicyclic amines) is 1. The molecular weight excluding hydrogens is 444 g/mol. The number of nitrogens with one attached hydrogen (secondary N) is 1. The maximum atomic E-state index is 12.9. The number of piperidine rings is 1. The summed E-state index contributed by atoms with van der Waals surface area (Å²) in [4.78, 5) is 32.1. The highest BCUT2D eigenvalue weighted by Crippen LogP contribution is 2.19. The van der Waals surface area contributed by atoms with Gasteiger partial charge in [0.1, 0.15) is 12.4 Å². The third kappa shape index (κ3) is 4.56. The fourth-order valence-corrected chi connectivity index (χ4v) is 4.06. The van der Waals surface area contributed by atoms with Crippen LogP contribution in [-0.4, -0.2) is 39.4 Å². The Morgan fingerprint density at radius 3 is 2.53 bits per heavy atom. The molecule has 1 aromatic heterocycles. The van der Waals surface area contributed by atoms with Crippen LogP contribution in [0.15, 0.2) is 53.0 Å². The van der Waals surface area contributed by atoms with Crippen molar-refractivity contribution in [3.05, 3.63) is 64.4 Å². The van der Waals surface area contributed by atoms with E-state index >= 15 is 0 Å². The van der Waals surface area contributed by atoms with Gasteiger partial charge in [0.25, 0.3) is 5.91 Å². The monoisotopic (exact) mass is 468 g/mol. The van der Waals surface area contributed by atoms with Crippen molar-refractivity contribution in [1.29, 1.82) is 0 Å². The lowest BCUT2D eigenvalue weighted by Crippen LogP contribution is -2.40. The van der Waals surface area contributed by atoms with Gasteiger partial charge in [0, 0.05) is 23.1 Å². The number of nitrogens with zero attached hydrogens (tertiary/aromatic N) is 3. The van der Waals surface area contributed by atoms with Crippen LogP contribution in [0.2, 0.25) is 0 Å². The number of imidazole rings is 1. The zero-order valence-electron chi connectivity index (χ0n) is 17.0. The summed E-state index contributed by atoms with van der Waals surface area (Å²) < 4.78 is 2.85. The summed E-state index contributed by atoms with van der Waals surface area (Å²) in [5, 5.41) is 2.93. The molecule has 0 radical (unpaired) electrons. The van der Waals surface area contributed by atoms with Gasteiger partial charge in [-0.25, -0.2) is 4.98 Å². The van der Waals surface area contributed by atoms with Crippen molar-refractivity contribution in [1.82, 2.24) is 19.8 Å². The minimum Gasteiger partial charge on any atom is -0.345 e. The molecule has 3 aromatic rings. The summed E-state index contributed by atoms with van der Waals surface area (Å²) >= 11 is 3.38. The van der Waals surface area contributed by atoms with Gasteiger partial charge in [0.05, 0.1) is 17.6 Å². The molecule has 1 aliphatic heterocycles. The Morgan fingerprint density at radius 2 is 1.80 bits per heavy atom. The van der Waals surface area contributed by atoms with Crippen molar-refractivity contribution < 1.29 is 9.59 Å². The molecule has 4 rings (SSSR count). The second-order valence-electron chi connectivity index (χ2n) is 7.86. The van der Waals surface area contributed by atoms with Gasteiger partial charge < -0.3 is 14.8 Å². The second kappa shape index (κ2) is 9.00. The summed E-state index contributed by atoms with van der Waals surface area (Å²) in [6.07, 6.45) is 2.10. The van der Waals surface area contributed by atoms with Crippen molar-refractivity contribution in [3.8, 4) is 0 Å². The number of hydrogen-bond acceptors (Lipinski definition) is 3. The largest absolute Gasteiger partial charge is 0.345 e. The van der Waals surface area contributed by atoms with Crippen LogP contribution in [0.25, 0.3) is 11.0 Å². The van der Waals surface area contributed by atoms with E-state index in [1.807, 2.05) is 45.9 Å². The minimum atomic E-state index is -0.169. The topological polar surface area (TPSA) is 67.2 Å². The average molecular weight is 469 g/mol.